The summed E-state index contributed by atoms with van der Waals surface area (Å²) in [6.45, 7) is 29.2. The Morgan fingerprint density at radius 2 is 1.44 bits per heavy atom. The maximum absolute atomic E-state index is 11.9. The predicted octanol–water partition coefficient (Wildman–Crippen LogP) is 12.4. The molecule has 324 valence electrons. The van der Waals surface area contributed by atoms with Crippen LogP contribution in [0.2, 0.25) is 0 Å². The van der Waals surface area contributed by atoms with Crippen LogP contribution in [-0.2, 0) is 32.9 Å². The molecule has 4 heterocycles. The molecule has 0 aliphatic carbocycles. The molecule has 0 spiro atoms. The van der Waals surface area contributed by atoms with Gasteiger partial charge in [0.1, 0.15) is 17.9 Å². The van der Waals surface area contributed by atoms with Crippen molar-refractivity contribution in [1.29, 1.82) is 0 Å². The summed E-state index contributed by atoms with van der Waals surface area (Å²) in [6, 6.07) is 33.0. The third-order valence-electron chi connectivity index (χ3n) is 12.8. The van der Waals surface area contributed by atoms with Gasteiger partial charge in [-0.25, -0.2) is 9.97 Å². The number of nitrogens with zero attached hydrogens (tertiary/aromatic N) is 4. The Morgan fingerprint density at radius 3 is 2.11 bits per heavy atom. The molecular weight excluding hydrogens is 971 g/mol. The van der Waals surface area contributed by atoms with E-state index in [1.165, 1.54) is 43.5 Å². The summed E-state index contributed by atoms with van der Waals surface area (Å²) in [6.07, 6.45) is 2.70. The Kier molecular flexibility index (Phi) is 11.6. The zero-order chi connectivity index (χ0) is 44.2. The van der Waals surface area contributed by atoms with Crippen molar-refractivity contribution in [2.24, 2.45) is 5.41 Å². The van der Waals surface area contributed by atoms with Gasteiger partial charge in [0.25, 0.3) is 0 Å². The Morgan fingerprint density at radius 1 is 0.762 bits per heavy atom. The molecule has 5 nitrogen and oxygen atoms in total. The van der Waals surface area contributed by atoms with Crippen LogP contribution in [0, 0.1) is 32.3 Å². The quantitative estimate of drug-likeness (QED) is 0.128. The molecule has 5 aromatic carbocycles. The number of aromatic nitrogens is 4. The van der Waals surface area contributed by atoms with Gasteiger partial charge in [-0.2, -0.15) is 0 Å². The first-order valence-electron chi connectivity index (χ1n) is 22.2. The van der Waals surface area contributed by atoms with Crippen LogP contribution >= 0.6 is 11.3 Å². The average molecular weight is 1030 g/mol. The Hall–Kier alpha value is -4.84. The van der Waals surface area contributed by atoms with Gasteiger partial charge >= 0.3 is 0 Å². The topological polar surface area (TPSA) is 63.8 Å². The van der Waals surface area contributed by atoms with Crippen molar-refractivity contribution in [2.45, 2.75) is 114 Å². The molecule has 1 aliphatic rings. The molecule has 0 unspecified atom stereocenters. The van der Waals surface area contributed by atoms with E-state index in [-0.39, 0.29) is 44.4 Å². The van der Waals surface area contributed by atoms with Crippen LogP contribution < -0.4 is 16.4 Å². The van der Waals surface area contributed by atoms with Crippen LogP contribution in [0.3, 0.4) is 0 Å². The Balaban J connectivity index is 0.00000544. The van der Waals surface area contributed by atoms with E-state index in [1.807, 2.05) is 24.3 Å². The molecule has 1 N–H and O–H groups in total. The van der Waals surface area contributed by atoms with Crippen LogP contribution in [0.25, 0.3) is 60.7 Å². The van der Waals surface area contributed by atoms with Crippen molar-refractivity contribution in [1.82, 2.24) is 19.5 Å². The first-order valence-corrected chi connectivity index (χ1v) is 23.0. The minimum Gasteiger partial charge on any atom is -0.507 e. The first-order chi connectivity index (χ1) is 29.3. The average Bonchev–Trinajstić information content (AvgIpc) is 3.76. The molecular formula is C55H58BN4OPtS-. The third kappa shape index (κ3) is 7.71. The number of aryl methyl sites for hydroxylation is 3. The number of hydrogen-bond donors (Lipinski definition) is 1. The minimum atomic E-state index is -0.161. The SMILES string of the molecule is Cc1cc(C)c(O)c(-c2nc3c(-c4[c-]c(-c5ncnc6c(C)c(CC(C)(C)C)sc56)cc(C(C)(C)C)c4)ccc4c3n2-c2ccccc2B4c2c(C(C)C)cccc2C(C)C)c1.[Pt]. The monoisotopic (exact) mass is 1030 g/mol. The van der Waals surface area contributed by atoms with E-state index >= 15 is 0 Å². The summed E-state index contributed by atoms with van der Waals surface area (Å²) in [5.41, 5.74) is 19.5. The van der Waals surface area contributed by atoms with E-state index in [1.54, 1.807) is 6.33 Å². The summed E-state index contributed by atoms with van der Waals surface area (Å²) in [7, 11) is 0. The molecule has 63 heavy (non-hydrogen) atoms. The molecule has 8 heteroatoms. The van der Waals surface area contributed by atoms with Gasteiger partial charge < -0.3 is 5.11 Å². The molecule has 0 radical (unpaired) electrons. The number of benzene rings is 5. The number of phenolic OH excluding ortho intramolecular Hbond substituents is 1. The van der Waals surface area contributed by atoms with Gasteiger partial charge in [0.05, 0.1) is 22.1 Å². The molecule has 0 saturated heterocycles. The number of para-hydroxylation sites is 1. The van der Waals surface area contributed by atoms with E-state index in [0.717, 1.165) is 78.3 Å². The van der Waals surface area contributed by atoms with Gasteiger partial charge in [0.15, 0.2) is 0 Å². The van der Waals surface area contributed by atoms with Gasteiger partial charge in [-0.05, 0) is 101 Å². The van der Waals surface area contributed by atoms with Gasteiger partial charge in [-0.1, -0.05) is 140 Å². The third-order valence-corrected chi connectivity index (χ3v) is 14.1. The number of imidazole rings is 1. The smallest absolute Gasteiger partial charge is 0.247 e. The number of rotatable bonds is 7. The molecule has 0 fully saturated rings. The van der Waals surface area contributed by atoms with E-state index < -0.39 is 0 Å². The van der Waals surface area contributed by atoms with E-state index in [9.17, 15) is 5.11 Å². The van der Waals surface area contributed by atoms with Crippen molar-refractivity contribution >= 4 is 55.7 Å². The molecule has 3 aromatic heterocycles. The fourth-order valence-corrected chi connectivity index (χ4v) is 11.3. The van der Waals surface area contributed by atoms with E-state index in [2.05, 4.69) is 167 Å². The Bertz CT molecular complexity index is 3060. The van der Waals surface area contributed by atoms with Crippen molar-refractivity contribution in [3.63, 3.8) is 0 Å². The summed E-state index contributed by atoms with van der Waals surface area (Å²) < 4.78 is 3.43. The van der Waals surface area contributed by atoms with Crippen LogP contribution in [0.15, 0.2) is 85.2 Å². The van der Waals surface area contributed by atoms with E-state index in [0.29, 0.717) is 11.8 Å². The molecule has 0 amide bonds. The standard InChI is InChI=1S/C55H58BN4OS.Pt/c1-30(2)38-17-16-18-39(31(3)4)46(38)56-42-19-14-15-20-44(42)60-50-43(56)22-21-40(49(50)59-53(60)41-24-32(5)23-33(6)51(41)61)35-25-36(27-37(26-35)55(11,12)13)48-52-47(57-29-58-48)34(7)45(62-52)28-54(8,9)10;/h14-24,26-27,29-31,61H,28H2,1-13H3;/q-1;. The number of aromatic hydroxyl groups is 1. The summed E-state index contributed by atoms with van der Waals surface area (Å²) in [5.74, 6) is 1.65. The zero-order valence-electron chi connectivity index (χ0n) is 39.0. The second-order valence-corrected chi connectivity index (χ2v) is 21.6. The number of thiophene rings is 1. The molecule has 0 saturated carbocycles. The van der Waals surface area contributed by atoms with Crippen molar-refractivity contribution in [3.8, 4) is 45.2 Å². The predicted molar refractivity (Wildman–Crippen MR) is 264 cm³/mol. The van der Waals surface area contributed by atoms with Crippen LogP contribution in [-0.4, -0.2) is 31.3 Å². The molecule has 0 bridgehead atoms. The molecule has 1 aliphatic heterocycles. The first kappa shape index (κ1) is 44.8. The van der Waals surface area contributed by atoms with Crippen LogP contribution in [0.4, 0.5) is 0 Å². The largest absolute Gasteiger partial charge is 0.507 e. The van der Waals surface area contributed by atoms with Crippen LogP contribution in [0.1, 0.15) is 119 Å². The number of hydrogen-bond acceptors (Lipinski definition) is 5. The summed E-state index contributed by atoms with van der Waals surface area (Å²) >= 11 is 1.82. The summed E-state index contributed by atoms with van der Waals surface area (Å²) in [5, 5.41) is 11.9. The minimum absolute atomic E-state index is 0. The fraction of sp³-hybridized carbons (Fsp3) is 0.327. The Labute approximate surface area is 392 Å². The van der Waals surface area contributed by atoms with Gasteiger partial charge in [-0.15, -0.1) is 40.7 Å². The molecule has 0 atom stereocenters. The van der Waals surface area contributed by atoms with Crippen molar-refractivity contribution in [3.05, 3.63) is 130 Å². The van der Waals surface area contributed by atoms with Crippen molar-refractivity contribution < 1.29 is 26.2 Å². The van der Waals surface area contributed by atoms with Gasteiger partial charge in [-0.3, -0.25) is 9.55 Å². The summed E-state index contributed by atoms with van der Waals surface area (Å²) in [4.78, 5) is 16.9. The van der Waals surface area contributed by atoms with Crippen LogP contribution in [0.5, 0.6) is 5.75 Å². The normalized spacial score (nSPS) is 12.8. The fourth-order valence-electron chi connectivity index (χ4n) is 9.74. The number of phenols is 1. The molecule has 9 rings (SSSR count). The molecule has 8 aromatic rings. The van der Waals surface area contributed by atoms with Gasteiger partial charge in [0.2, 0.25) is 6.71 Å². The van der Waals surface area contributed by atoms with Gasteiger partial charge in [0, 0.05) is 42.0 Å². The maximum Gasteiger partial charge on any atom is 0.247 e. The zero-order valence-corrected chi connectivity index (χ0v) is 42.1. The maximum atomic E-state index is 11.9. The second-order valence-electron chi connectivity index (χ2n) is 20.5. The van der Waals surface area contributed by atoms with E-state index in [4.69, 9.17) is 15.0 Å². The van der Waals surface area contributed by atoms with Crippen molar-refractivity contribution in [2.75, 3.05) is 0 Å². The second kappa shape index (κ2) is 16.3. The number of fused-ring (bicyclic) bond motifs is 3.